The van der Waals surface area contributed by atoms with Crippen LogP contribution in [0.15, 0.2) is 218 Å². The van der Waals surface area contributed by atoms with Crippen LogP contribution in [-0.4, -0.2) is 9.13 Å². The first-order valence-electron chi connectivity index (χ1n) is 21.2. The summed E-state index contributed by atoms with van der Waals surface area (Å²) in [6, 6.07) is 80.7. The van der Waals surface area contributed by atoms with Crippen molar-refractivity contribution in [2.75, 3.05) is 0 Å². The van der Waals surface area contributed by atoms with Crippen LogP contribution in [0.1, 0.15) is 11.1 Å². The van der Waals surface area contributed by atoms with Gasteiger partial charge in [-0.1, -0.05) is 158 Å². The molecule has 0 aliphatic heterocycles. The van der Waals surface area contributed by atoms with Gasteiger partial charge in [-0.15, -0.1) is 0 Å². The lowest BCUT2D eigenvalue weighted by molar-refractivity contribution is 1.18. The zero-order chi connectivity index (χ0) is 40.0. The third kappa shape index (κ3) is 5.29. The summed E-state index contributed by atoms with van der Waals surface area (Å²) in [7, 11) is 0. The Morgan fingerprint density at radius 2 is 0.803 bits per heavy atom. The highest BCUT2D eigenvalue weighted by Gasteiger charge is 2.22. The number of hydrogen-bond acceptors (Lipinski definition) is 0. The van der Waals surface area contributed by atoms with Gasteiger partial charge in [0.1, 0.15) is 0 Å². The van der Waals surface area contributed by atoms with Crippen molar-refractivity contribution in [1.29, 1.82) is 0 Å². The van der Waals surface area contributed by atoms with Gasteiger partial charge in [0.15, 0.2) is 0 Å². The molecule has 0 radical (unpaired) electrons. The van der Waals surface area contributed by atoms with Crippen molar-refractivity contribution in [3.8, 4) is 55.9 Å². The lowest BCUT2D eigenvalue weighted by Gasteiger charge is -2.12. The summed E-state index contributed by atoms with van der Waals surface area (Å²) in [6.07, 6.45) is 0.969. The predicted molar refractivity (Wildman–Crippen MR) is 257 cm³/mol. The fourth-order valence-corrected chi connectivity index (χ4v) is 10.2. The number of aromatic nitrogens is 2. The maximum atomic E-state index is 2.44. The van der Waals surface area contributed by atoms with E-state index in [-0.39, 0.29) is 0 Å². The van der Waals surface area contributed by atoms with Gasteiger partial charge in [-0.2, -0.15) is 0 Å². The predicted octanol–water partition coefficient (Wildman–Crippen LogP) is 15.6. The molecule has 61 heavy (non-hydrogen) atoms. The molecular formula is C59H38N2. The second-order valence-corrected chi connectivity index (χ2v) is 16.5. The van der Waals surface area contributed by atoms with Crippen LogP contribution < -0.4 is 0 Å². The minimum atomic E-state index is 0.969. The van der Waals surface area contributed by atoms with Gasteiger partial charge < -0.3 is 9.13 Å². The van der Waals surface area contributed by atoms with E-state index < -0.39 is 0 Å². The van der Waals surface area contributed by atoms with Gasteiger partial charge in [0.05, 0.1) is 22.1 Å². The average Bonchev–Trinajstić information content (AvgIpc) is 3.99. The summed E-state index contributed by atoms with van der Waals surface area (Å²) in [6.45, 7) is 0. The average molecular weight is 775 g/mol. The van der Waals surface area contributed by atoms with E-state index in [9.17, 15) is 0 Å². The minimum absolute atomic E-state index is 0.969. The zero-order valence-corrected chi connectivity index (χ0v) is 33.4. The van der Waals surface area contributed by atoms with Gasteiger partial charge in [0, 0.05) is 32.9 Å². The molecule has 0 spiro atoms. The second-order valence-electron chi connectivity index (χ2n) is 16.5. The Bertz CT molecular complexity index is 3710. The van der Waals surface area contributed by atoms with Crippen LogP contribution in [-0.2, 0) is 6.42 Å². The lowest BCUT2D eigenvalue weighted by atomic mass is 9.95. The summed E-state index contributed by atoms with van der Waals surface area (Å²) < 4.78 is 4.85. The molecule has 2 heterocycles. The third-order valence-corrected chi connectivity index (χ3v) is 13.2. The fourth-order valence-electron chi connectivity index (χ4n) is 10.2. The minimum Gasteiger partial charge on any atom is -0.309 e. The van der Waals surface area contributed by atoms with Crippen LogP contribution in [0.2, 0.25) is 0 Å². The van der Waals surface area contributed by atoms with Crippen molar-refractivity contribution >= 4 is 54.4 Å². The zero-order valence-electron chi connectivity index (χ0n) is 33.4. The van der Waals surface area contributed by atoms with Crippen molar-refractivity contribution in [2.45, 2.75) is 6.42 Å². The quantitative estimate of drug-likeness (QED) is 0.165. The molecule has 0 N–H and O–H groups in total. The van der Waals surface area contributed by atoms with E-state index in [1.165, 1.54) is 110 Å². The molecule has 2 nitrogen and oxygen atoms in total. The standard InChI is InChI=1S/C59H38N2/c1-2-11-41-34-42(21-20-38(41)10-1)39-22-28-46(29-23-39)60-57-19-8-6-15-52(57)55-35-43(27-33-58(55)60)40-24-30-47(31-25-40)61-56-18-7-5-14-51(56)53-32-26-45(37-59(53)61)49-16-9-17-50-48-13-4-3-12-44(48)36-54(49)50/h1-35,37H,36H2. The topological polar surface area (TPSA) is 9.86 Å². The summed E-state index contributed by atoms with van der Waals surface area (Å²) >= 11 is 0. The van der Waals surface area contributed by atoms with E-state index in [4.69, 9.17) is 0 Å². The normalized spacial score (nSPS) is 12.2. The molecule has 2 aromatic heterocycles. The molecule has 284 valence electrons. The van der Waals surface area contributed by atoms with Crippen LogP contribution in [0.4, 0.5) is 0 Å². The van der Waals surface area contributed by atoms with Gasteiger partial charge in [-0.25, -0.2) is 0 Å². The first-order valence-corrected chi connectivity index (χ1v) is 21.2. The number of nitrogens with zero attached hydrogens (tertiary/aromatic N) is 2. The largest absolute Gasteiger partial charge is 0.309 e. The SMILES string of the molecule is c1ccc2c(c1)Cc1c(-c3ccc4c5ccccc5n(-c5ccc(-c6ccc7c(c6)c6ccccc6n7-c6ccc(-c7ccc8ccccc8c7)cc6)cc5)c4c3)cccc1-2. The molecule has 0 saturated heterocycles. The molecule has 12 aromatic rings. The van der Waals surface area contributed by atoms with E-state index in [0.29, 0.717) is 0 Å². The van der Waals surface area contributed by atoms with Gasteiger partial charge in [-0.05, 0) is 133 Å². The Morgan fingerprint density at radius 1 is 0.279 bits per heavy atom. The Labute approximate surface area is 353 Å². The molecule has 0 amide bonds. The van der Waals surface area contributed by atoms with Crippen LogP contribution in [0.5, 0.6) is 0 Å². The highest BCUT2D eigenvalue weighted by Crippen LogP contribution is 2.43. The highest BCUT2D eigenvalue weighted by atomic mass is 15.0. The van der Waals surface area contributed by atoms with E-state index in [1.54, 1.807) is 0 Å². The number of para-hydroxylation sites is 2. The number of hydrogen-bond donors (Lipinski definition) is 0. The molecule has 1 aliphatic carbocycles. The van der Waals surface area contributed by atoms with Gasteiger partial charge >= 0.3 is 0 Å². The highest BCUT2D eigenvalue weighted by molar-refractivity contribution is 6.12. The molecule has 0 bridgehead atoms. The summed E-state index contributed by atoms with van der Waals surface area (Å²) in [5, 5.41) is 7.56. The summed E-state index contributed by atoms with van der Waals surface area (Å²) in [5.74, 6) is 0. The smallest absolute Gasteiger partial charge is 0.0547 e. The van der Waals surface area contributed by atoms with E-state index in [2.05, 4.69) is 228 Å². The van der Waals surface area contributed by atoms with Crippen molar-refractivity contribution < 1.29 is 0 Å². The monoisotopic (exact) mass is 774 g/mol. The van der Waals surface area contributed by atoms with E-state index >= 15 is 0 Å². The molecule has 1 aliphatic rings. The molecular weight excluding hydrogens is 737 g/mol. The Morgan fingerprint density at radius 3 is 1.57 bits per heavy atom. The molecule has 2 heteroatoms. The first kappa shape index (κ1) is 34.0. The Balaban J connectivity index is 0.875. The van der Waals surface area contributed by atoms with E-state index in [0.717, 1.165) is 17.8 Å². The molecule has 13 rings (SSSR count). The van der Waals surface area contributed by atoms with E-state index in [1.807, 2.05) is 0 Å². The van der Waals surface area contributed by atoms with Gasteiger partial charge in [0.2, 0.25) is 0 Å². The maximum Gasteiger partial charge on any atom is 0.0547 e. The maximum absolute atomic E-state index is 2.44. The third-order valence-electron chi connectivity index (χ3n) is 13.2. The number of fused-ring (bicyclic) bond motifs is 10. The van der Waals surface area contributed by atoms with Crippen LogP contribution in [0.3, 0.4) is 0 Å². The number of rotatable bonds is 5. The molecule has 0 unspecified atom stereocenters. The van der Waals surface area contributed by atoms with Crippen LogP contribution in [0, 0.1) is 0 Å². The molecule has 10 aromatic carbocycles. The van der Waals surface area contributed by atoms with Crippen molar-refractivity contribution in [3.05, 3.63) is 230 Å². The van der Waals surface area contributed by atoms with Crippen LogP contribution >= 0.6 is 0 Å². The lowest BCUT2D eigenvalue weighted by Crippen LogP contribution is -1.95. The fraction of sp³-hybridized carbons (Fsp3) is 0.0169. The Kier molecular flexibility index (Phi) is 7.40. The van der Waals surface area contributed by atoms with Crippen molar-refractivity contribution in [2.24, 2.45) is 0 Å². The van der Waals surface area contributed by atoms with Crippen molar-refractivity contribution in [1.82, 2.24) is 9.13 Å². The molecule has 0 atom stereocenters. The summed E-state index contributed by atoms with van der Waals surface area (Å²) in [5.41, 5.74) is 20.1. The number of benzene rings is 10. The van der Waals surface area contributed by atoms with Gasteiger partial charge in [0.25, 0.3) is 0 Å². The first-order chi connectivity index (χ1) is 30.2. The van der Waals surface area contributed by atoms with Crippen LogP contribution in [0.25, 0.3) is 110 Å². The molecule has 0 fully saturated rings. The molecule has 0 saturated carbocycles. The Hall–Kier alpha value is -7.94. The van der Waals surface area contributed by atoms with Gasteiger partial charge in [-0.3, -0.25) is 0 Å². The summed E-state index contributed by atoms with van der Waals surface area (Å²) in [4.78, 5) is 0. The second kappa shape index (κ2) is 13.3. The van der Waals surface area contributed by atoms with Crippen molar-refractivity contribution in [3.63, 3.8) is 0 Å².